The smallest absolute Gasteiger partial charge is 0.0951 e. The molecule has 1 heteroatoms. The molecule has 0 saturated carbocycles. The highest BCUT2D eigenvalue weighted by Crippen LogP contribution is 2.31. The van der Waals surface area contributed by atoms with Gasteiger partial charge in [0, 0.05) is 6.42 Å². The van der Waals surface area contributed by atoms with Gasteiger partial charge >= 0.3 is 0 Å². The van der Waals surface area contributed by atoms with Crippen LogP contribution in [0.3, 0.4) is 0 Å². The van der Waals surface area contributed by atoms with Crippen molar-refractivity contribution in [3.63, 3.8) is 0 Å². The third-order valence-corrected chi connectivity index (χ3v) is 4.16. The predicted octanol–water partition coefficient (Wildman–Crippen LogP) is 5.21. The Morgan fingerprint density at radius 2 is 1.41 bits per heavy atom. The van der Waals surface area contributed by atoms with Gasteiger partial charge in [0.25, 0.3) is 0 Å². The molecule has 0 saturated heterocycles. The molecule has 1 atom stereocenters. The summed E-state index contributed by atoms with van der Waals surface area (Å²) in [7, 11) is 0. The molecule has 1 nitrogen and oxygen atoms in total. The molecule has 0 N–H and O–H groups in total. The molecule has 0 amide bonds. The molecular weight excluding hydrogens is 208 g/mol. The molecule has 0 spiro atoms. The summed E-state index contributed by atoms with van der Waals surface area (Å²) in [6, 6.07) is 0. The van der Waals surface area contributed by atoms with E-state index in [1.165, 1.54) is 76.4 Å². The molecule has 2 aliphatic rings. The van der Waals surface area contributed by atoms with E-state index in [1.54, 1.807) is 5.57 Å². The Kier molecular flexibility index (Phi) is 5.41. The van der Waals surface area contributed by atoms with Crippen molar-refractivity contribution in [3.05, 3.63) is 11.3 Å². The highest BCUT2D eigenvalue weighted by Gasteiger charge is 2.18. The Morgan fingerprint density at radius 1 is 0.824 bits per heavy atom. The van der Waals surface area contributed by atoms with E-state index >= 15 is 0 Å². The minimum atomic E-state index is 0.738. The first-order chi connectivity index (χ1) is 8.36. The van der Waals surface area contributed by atoms with Gasteiger partial charge in [0.2, 0.25) is 0 Å². The van der Waals surface area contributed by atoms with Crippen molar-refractivity contribution in [1.82, 2.24) is 0 Å². The second-order valence-corrected chi connectivity index (χ2v) is 5.98. The average molecular weight is 236 g/mol. The van der Waals surface area contributed by atoms with E-state index in [1.807, 2.05) is 0 Å². The van der Waals surface area contributed by atoms with E-state index in [9.17, 15) is 0 Å². The van der Waals surface area contributed by atoms with Crippen LogP contribution in [-0.4, -0.2) is 6.61 Å². The van der Waals surface area contributed by atoms with E-state index in [2.05, 4.69) is 6.92 Å². The van der Waals surface area contributed by atoms with Crippen LogP contribution in [0.4, 0.5) is 0 Å². The number of hydrogen-bond donors (Lipinski definition) is 0. The number of allylic oxidation sites excluding steroid dienone is 2. The normalized spacial score (nSPS) is 28.6. The van der Waals surface area contributed by atoms with Gasteiger partial charge in [-0.25, -0.2) is 0 Å². The van der Waals surface area contributed by atoms with Crippen LogP contribution in [0.5, 0.6) is 0 Å². The van der Waals surface area contributed by atoms with Gasteiger partial charge in [-0.1, -0.05) is 45.4 Å². The molecule has 1 aliphatic heterocycles. The molecule has 0 aromatic carbocycles. The SMILES string of the molecule is CC1COC2=C(CCCCCCCCCC2)C1. The van der Waals surface area contributed by atoms with E-state index in [-0.39, 0.29) is 0 Å². The summed E-state index contributed by atoms with van der Waals surface area (Å²) in [6.07, 6.45) is 15.1. The van der Waals surface area contributed by atoms with Crippen molar-refractivity contribution in [2.45, 2.75) is 77.6 Å². The van der Waals surface area contributed by atoms with Gasteiger partial charge < -0.3 is 4.74 Å². The Hall–Kier alpha value is -0.460. The van der Waals surface area contributed by atoms with Gasteiger partial charge in [-0.15, -0.1) is 0 Å². The molecule has 2 rings (SSSR count). The summed E-state index contributed by atoms with van der Waals surface area (Å²) < 4.78 is 5.98. The Bertz CT molecular complexity index is 254. The highest BCUT2D eigenvalue weighted by atomic mass is 16.5. The summed E-state index contributed by atoms with van der Waals surface area (Å²) >= 11 is 0. The van der Waals surface area contributed by atoms with E-state index in [4.69, 9.17) is 4.74 Å². The maximum absolute atomic E-state index is 5.98. The fourth-order valence-corrected chi connectivity index (χ4v) is 3.11. The summed E-state index contributed by atoms with van der Waals surface area (Å²) in [4.78, 5) is 0. The molecule has 1 unspecified atom stereocenters. The molecule has 0 aromatic rings. The number of hydrogen-bond acceptors (Lipinski definition) is 1. The van der Waals surface area contributed by atoms with Crippen LogP contribution in [0, 0.1) is 5.92 Å². The third-order valence-electron chi connectivity index (χ3n) is 4.16. The molecule has 0 radical (unpaired) electrons. The molecule has 0 bridgehead atoms. The first-order valence-corrected chi connectivity index (χ1v) is 7.70. The van der Waals surface area contributed by atoms with Crippen LogP contribution in [0.1, 0.15) is 77.6 Å². The van der Waals surface area contributed by atoms with Gasteiger partial charge in [-0.05, 0) is 37.2 Å². The van der Waals surface area contributed by atoms with Gasteiger partial charge in [-0.2, -0.15) is 0 Å². The lowest BCUT2D eigenvalue weighted by atomic mass is 9.91. The molecule has 98 valence electrons. The zero-order valence-corrected chi connectivity index (χ0v) is 11.5. The molecule has 17 heavy (non-hydrogen) atoms. The Labute approximate surface area is 107 Å². The van der Waals surface area contributed by atoms with E-state index in [0.29, 0.717) is 0 Å². The maximum Gasteiger partial charge on any atom is 0.0951 e. The quantitative estimate of drug-likeness (QED) is 0.561. The van der Waals surface area contributed by atoms with Crippen molar-refractivity contribution in [2.24, 2.45) is 5.92 Å². The Balaban J connectivity index is 1.94. The Morgan fingerprint density at radius 3 is 2.12 bits per heavy atom. The number of ether oxygens (including phenoxy) is 1. The average Bonchev–Trinajstić information content (AvgIpc) is 2.31. The van der Waals surface area contributed by atoms with Crippen LogP contribution in [0.15, 0.2) is 11.3 Å². The van der Waals surface area contributed by atoms with Crippen LogP contribution in [0.2, 0.25) is 0 Å². The fourth-order valence-electron chi connectivity index (χ4n) is 3.11. The minimum absolute atomic E-state index is 0.738. The van der Waals surface area contributed by atoms with Crippen molar-refractivity contribution in [1.29, 1.82) is 0 Å². The van der Waals surface area contributed by atoms with Gasteiger partial charge in [-0.3, -0.25) is 0 Å². The topological polar surface area (TPSA) is 9.23 Å². The van der Waals surface area contributed by atoms with Gasteiger partial charge in [0.15, 0.2) is 0 Å². The van der Waals surface area contributed by atoms with Crippen LogP contribution < -0.4 is 0 Å². The van der Waals surface area contributed by atoms with Crippen molar-refractivity contribution in [3.8, 4) is 0 Å². The lowest BCUT2D eigenvalue weighted by molar-refractivity contribution is 0.136. The van der Waals surface area contributed by atoms with Gasteiger partial charge in [0.1, 0.15) is 0 Å². The fraction of sp³-hybridized carbons (Fsp3) is 0.875. The zero-order valence-electron chi connectivity index (χ0n) is 11.5. The lowest BCUT2D eigenvalue weighted by Crippen LogP contribution is -2.15. The van der Waals surface area contributed by atoms with Crippen molar-refractivity contribution >= 4 is 0 Å². The van der Waals surface area contributed by atoms with Crippen molar-refractivity contribution in [2.75, 3.05) is 6.61 Å². The first-order valence-electron chi connectivity index (χ1n) is 7.70. The monoisotopic (exact) mass is 236 g/mol. The second kappa shape index (κ2) is 7.08. The molecule has 1 heterocycles. The maximum atomic E-state index is 5.98. The van der Waals surface area contributed by atoms with E-state index in [0.717, 1.165) is 12.5 Å². The summed E-state index contributed by atoms with van der Waals surface area (Å²) in [5.74, 6) is 2.12. The minimum Gasteiger partial charge on any atom is -0.498 e. The second-order valence-electron chi connectivity index (χ2n) is 5.98. The largest absolute Gasteiger partial charge is 0.498 e. The van der Waals surface area contributed by atoms with Gasteiger partial charge in [0.05, 0.1) is 12.4 Å². The van der Waals surface area contributed by atoms with Crippen molar-refractivity contribution < 1.29 is 4.74 Å². The molecule has 0 aromatic heterocycles. The third kappa shape index (κ3) is 4.37. The molecule has 1 aliphatic carbocycles. The standard InChI is InChI=1S/C16H28O/c1-14-12-15-10-8-6-4-2-3-5-7-9-11-16(15)17-13-14/h14H,2-13H2,1H3. The van der Waals surface area contributed by atoms with E-state index < -0.39 is 0 Å². The molecular formula is C16H28O. The van der Waals surface area contributed by atoms with Crippen LogP contribution >= 0.6 is 0 Å². The highest BCUT2D eigenvalue weighted by molar-refractivity contribution is 5.12. The summed E-state index contributed by atoms with van der Waals surface area (Å²) in [5, 5.41) is 0. The lowest BCUT2D eigenvalue weighted by Gasteiger charge is -2.26. The van der Waals surface area contributed by atoms with Crippen LogP contribution in [-0.2, 0) is 4.74 Å². The summed E-state index contributed by atoms with van der Waals surface area (Å²) in [5.41, 5.74) is 1.66. The predicted molar refractivity (Wildman–Crippen MR) is 72.9 cm³/mol. The molecule has 0 fully saturated rings. The van der Waals surface area contributed by atoms with Crippen LogP contribution in [0.25, 0.3) is 0 Å². The number of rotatable bonds is 0. The summed E-state index contributed by atoms with van der Waals surface area (Å²) in [6.45, 7) is 3.28. The first kappa shape index (κ1) is 13.0. The zero-order chi connectivity index (χ0) is 11.9.